The summed E-state index contributed by atoms with van der Waals surface area (Å²) in [5.41, 5.74) is -0.0102. The second-order valence-electron chi connectivity index (χ2n) is 5.29. The Hall–Kier alpha value is -1.02. The molecule has 21 heavy (non-hydrogen) atoms. The van der Waals surface area contributed by atoms with E-state index in [1.165, 1.54) is 23.5 Å². The van der Waals surface area contributed by atoms with Crippen molar-refractivity contribution >= 4 is 10.0 Å². The summed E-state index contributed by atoms with van der Waals surface area (Å²) >= 11 is 0. The minimum atomic E-state index is -3.65. The van der Waals surface area contributed by atoms with Crippen molar-refractivity contribution in [2.75, 3.05) is 33.2 Å². The van der Waals surface area contributed by atoms with Gasteiger partial charge in [-0.25, -0.2) is 12.8 Å². The zero-order chi connectivity index (χ0) is 15.5. The van der Waals surface area contributed by atoms with Crippen molar-refractivity contribution in [2.24, 2.45) is 0 Å². The molecular formula is C14H21FN2O3S. The standard InChI is InChI=1S/C14H21FN2O3S/c1-16(8-9-17-6-2-3-7-17)21(19,20)13-4-5-14(15)12(10-13)11-18/h4-5,10,18H,2-3,6-9,11H2,1H3. The third-order valence-electron chi connectivity index (χ3n) is 3.83. The Kier molecular flexibility index (Phi) is 5.32. The lowest BCUT2D eigenvalue weighted by Crippen LogP contribution is -2.35. The molecule has 118 valence electrons. The number of likely N-dealkylation sites (tertiary alicyclic amines) is 1. The number of rotatable bonds is 6. The number of sulfonamides is 1. The van der Waals surface area contributed by atoms with Crippen LogP contribution in [0.5, 0.6) is 0 Å². The summed E-state index contributed by atoms with van der Waals surface area (Å²) in [5.74, 6) is -0.601. The van der Waals surface area contributed by atoms with Gasteiger partial charge in [0.15, 0.2) is 0 Å². The summed E-state index contributed by atoms with van der Waals surface area (Å²) < 4.78 is 39.5. The van der Waals surface area contributed by atoms with E-state index < -0.39 is 22.4 Å². The molecule has 0 aliphatic carbocycles. The summed E-state index contributed by atoms with van der Waals surface area (Å²) in [5, 5.41) is 9.04. The van der Waals surface area contributed by atoms with Crippen LogP contribution in [-0.2, 0) is 16.6 Å². The second-order valence-corrected chi connectivity index (χ2v) is 7.33. The molecule has 0 bridgehead atoms. The quantitative estimate of drug-likeness (QED) is 0.852. The van der Waals surface area contributed by atoms with Crippen molar-refractivity contribution in [1.82, 2.24) is 9.21 Å². The van der Waals surface area contributed by atoms with Gasteiger partial charge in [0, 0.05) is 25.7 Å². The molecule has 5 nitrogen and oxygen atoms in total. The van der Waals surface area contributed by atoms with Gasteiger partial charge in [-0.05, 0) is 44.1 Å². The first-order valence-corrected chi connectivity index (χ1v) is 8.47. The normalized spacial score (nSPS) is 16.8. The van der Waals surface area contributed by atoms with Gasteiger partial charge in [-0.15, -0.1) is 0 Å². The maximum Gasteiger partial charge on any atom is 0.242 e. The second kappa shape index (κ2) is 6.83. The van der Waals surface area contributed by atoms with E-state index in [9.17, 15) is 12.8 Å². The van der Waals surface area contributed by atoms with Crippen LogP contribution in [0.2, 0.25) is 0 Å². The number of nitrogens with zero attached hydrogens (tertiary/aromatic N) is 2. The summed E-state index contributed by atoms with van der Waals surface area (Å²) in [4.78, 5) is 2.24. The predicted molar refractivity (Wildman–Crippen MR) is 77.8 cm³/mol. The smallest absolute Gasteiger partial charge is 0.242 e. The molecule has 0 atom stereocenters. The molecule has 0 radical (unpaired) electrons. The lowest BCUT2D eigenvalue weighted by Gasteiger charge is -2.21. The Morgan fingerprint density at radius 1 is 1.33 bits per heavy atom. The van der Waals surface area contributed by atoms with Crippen molar-refractivity contribution in [3.63, 3.8) is 0 Å². The van der Waals surface area contributed by atoms with Crippen molar-refractivity contribution < 1.29 is 17.9 Å². The minimum Gasteiger partial charge on any atom is -0.392 e. The van der Waals surface area contributed by atoms with Crippen molar-refractivity contribution in [1.29, 1.82) is 0 Å². The largest absolute Gasteiger partial charge is 0.392 e. The number of hydrogen-bond donors (Lipinski definition) is 1. The summed E-state index contributed by atoms with van der Waals surface area (Å²) in [7, 11) is -2.13. The van der Waals surface area contributed by atoms with Gasteiger partial charge in [0.25, 0.3) is 0 Å². The highest BCUT2D eigenvalue weighted by molar-refractivity contribution is 7.89. The average molecular weight is 316 g/mol. The molecule has 0 amide bonds. The highest BCUT2D eigenvalue weighted by Crippen LogP contribution is 2.18. The number of benzene rings is 1. The lowest BCUT2D eigenvalue weighted by atomic mass is 10.2. The average Bonchev–Trinajstić information content (AvgIpc) is 2.98. The van der Waals surface area contributed by atoms with Crippen LogP contribution >= 0.6 is 0 Å². The van der Waals surface area contributed by atoms with Gasteiger partial charge in [-0.3, -0.25) is 0 Å². The Bertz CT molecular complexity index is 586. The van der Waals surface area contributed by atoms with Gasteiger partial charge in [0.1, 0.15) is 5.82 Å². The van der Waals surface area contributed by atoms with Gasteiger partial charge < -0.3 is 10.0 Å². The maximum absolute atomic E-state index is 13.3. The van der Waals surface area contributed by atoms with E-state index in [2.05, 4.69) is 4.90 Å². The van der Waals surface area contributed by atoms with Crippen LogP contribution in [0, 0.1) is 5.82 Å². The molecule has 1 aliphatic rings. The van der Waals surface area contributed by atoms with Crippen LogP contribution in [0.4, 0.5) is 4.39 Å². The van der Waals surface area contributed by atoms with Crippen LogP contribution < -0.4 is 0 Å². The molecule has 7 heteroatoms. The molecule has 1 saturated heterocycles. The molecule has 1 aromatic carbocycles. The van der Waals surface area contributed by atoms with E-state index in [4.69, 9.17) is 5.11 Å². The van der Waals surface area contributed by atoms with Crippen molar-refractivity contribution in [2.45, 2.75) is 24.3 Å². The highest BCUT2D eigenvalue weighted by Gasteiger charge is 2.23. The molecule has 1 aromatic rings. The molecule has 0 unspecified atom stereocenters. The van der Waals surface area contributed by atoms with Gasteiger partial charge >= 0.3 is 0 Å². The maximum atomic E-state index is 13.3. The van der Waals surface area contributed by atoms with Gasteiger partial charge in [0.05, 0.1) is 11.5 Å². The Balaban J connectivity index is 2.08. The molecular weight excluding hydrogens is 295 g/mol. The predicted octanol–water partition coefficient (Wildman–Crippen LogP) is 1.03. The van der Waals surface area contributed by atoms with Gasteiger partial charge in [-0.1, -0.05) is 0 Å². The molecule has 1 aliphatic heterocycles. The molecule has 0 aromatic heterocycles. The van der Waals surface area contributed by atoms with Crippen LogP contribution in [0.15, 0.2) is 23.1 Å². The topological polar surface area (TPSA) is 60.9 Å². The van der Waals surface area contributed by atoms with E-state index in [0.29, 0.717) is 13.1 Å². The van der Waals surface area contributed by atoms with Crippen LogP contribution in [0.1, 0.15) is 18.4 Å². The first-order chi connectivity index (χ1) is 9.95. The summed E-state index contributed by atoms with van der Waals surface area (Å²) in [6.45, 7) is 2.60. The van der Waals surface area contributed by atoms with E-state index in [-0.39, 0.29) is 10.5 Å². The first kappa shape index (κ1) is 16.4. The molecule has 1 N–H and O–H groups in total. The highest BCUT2D eigenvalue weighted by atomic mass is 32.2. The molecule has 1 heterocycles. The third kappa shape index (κ3) is 3.79. The van der Waals surface area contributed by atoms with E-state index in [1.807, 2.05) is 0 Å². The zero-order valence-corrected chi connectivity index (χ0v) is 12.9. The number of likely N-dealkylation sites (N-methyl/N-ethyl adjacent to an activating group) is 1. The monoisotopic (exact) mass is 316 g/mol. The number of hydrogen-bond acceptors (Lipinski definition) is 4. The number of aliphatic hydroxyl groups is 1. The Labute approximate surface area is 125 Å². The van der Waals surface area contributed by atoms with Crippen molar-refractivity contribution in [3.05, 3.63) is 29.6 Å². The summed E-state index contributed by atoms with van der Waals surface area (Å²) in [6, 6.07) is 3.50. The Morgan fingerprint density at radius 2 is 2.00 bits per heavy atom. The van der Waals surface area contributed by atoms with Crippen LogP contribution in [0.25, 0.3) is 0 Å². The van der Waals surface area contributed by atoms with Crippen LogP contribution in [-0.4, -0.2) is 56.0 Å². The SMILES string of the molecule is CN(CCN1CCCC1)S(=O)(=O)c1ccc(F)c(CO)c1. The summed E-state index contributed by atoms with van der Waals surface area (Å²) in [6.07, 6.45) is 2.32. The number of halogens is 1. The molecule has 0 spiro atoms. The molecule has 1 fully saturated rings. The fraction of sp³-hybridized carbons (Fsp3) is 0.571. The van der Waals surface area contributed by atoms with Crippen molar-refractivity contribution in [3.8, 4) is 0 Å². The lowest BCUT2D eigenvalue weighted by molar-refractivity contribution is 0.275. The molecule has 0 saturated carbocycles. The van der Waals surface area contributed by atoms with Crippen LogP contribution in [0.3, 0.4) is 0 Å². The van der Waals surface area contributed by atoms with Gasteiger partial charge in [-0.2, -0.15) is 4.31 Å². The fourth-order valence-electron chi connectivity index (χ4n) is 2.42. The zero-order valence-electron chi connectivity index (χ0n) is 12.1. The number of aliphatic hydroxyl groups excluding tert-OH is 1. The van der Waals surface area contributed by atoms with E-state index in [0.717, 1.165) is 32.0 Å². The minimum absolute atomic E-state index is 0.0102. The van der Waals surface area contributed by atoms with Gasteiger partial charge in [0.2, 0.25) is 10.0 Å². The van der Waals surface area contributed by atoms with E-state index >= 15 is 0 Å². The third-order valence-corrected chi connectivity index (χ3v) is 5.68. The Morgan fingerprint density at radius 3 is 2.62 bits per heavy atom. The molecule has 2 rings (SSSR count). The fourth-order valence-corrected chi connectivity index (χ4v) is 3.63. The first-order valence-electron chi connectivity index (χ1n) is 7.03. The van der Waals surface area contributed by atoms with E-state index in [1.54, 1.807) is 0 Å².